The highest BCUT2D eigenvalue weighted by Crippen LogP contribution is 2.18. The molecular formula is C11H19NO2. The zero-order valence-corrected chi connectivity index (χ0v) is 8.63. The van der Waals surface area contributed by atoms with Crippen LogP contribution in [-0.2, 0) is 9.53 Å². The second-order valence-electron chi connectivity index (χ2n) is 4.35. The molecule has 1 amide bonds. The first-order valence-corrected chi connectivity index (χ1v) is 5.78. The largest absolute Gasteiger partial charge is 0.368 e. The summed E-state index contributed by atoms with van der Waals surface area (Å²) in [6.07, 6.45) is 7.93. The van der Waals surface area contributed by atoms with E-state index in [2.05, 4.69) is 5.32 Å². The summed E-state index contributed by atoms with van der Waals surface area (Å²) < 4.78 is 5.34. The van der Waals surface area contributed by atoms with E-state index in [0.29, 0.717) is 6.04 Å². The van der Waals surface area contributed by atoms with Gasteiger partial charge in [0, 0.05) is 12.6 Å². The summed E-state index contributed by atoms with van der Waals surface area (Å²) in [7, 11) is 0. The number of hydrogen-bond donors (Lipinski definition) is 1. The second kappa shape index (κ2) is 4.78. The number of ether oxygens (including phenoxy) is 1. The van der Waals surface area contributed by atoms with Gasteiger partial charge in [0.25, 0.3) is 0 Å². The maximum absolute atomic E-state index is 11.7. The van der Waals surface area contributed by atoms with Crippen molar-refractivity contribution in [3.05, 3.63) is 0 Å². The third-order valence-corrected chi connectivity index (χ3v) is 3.17. The standard InChI is InChI=1S/C11H19NO2/c13-11(10-7-4-8-14-10)12-9-5-2-1-3-6-9/h9-10H,1-8H2,(H,12,13)/t10-/m1/s1. The minimum absolute atomic E-state index is 0.120. The van der Waals surface area contributed by atoms with E-state index in [1.165, 1.54) is 19.3 Å². The predicted molar refractivity (Wildman–Crippen MR) is 54.0 cm³/mol. The van der Waals surface area contributed by atoms with Crippen molar-refractivity contribution in [3.8, 4) is 0 Å². The Morgan fingerprint density at radius 1 is 1.07 bits per heavy atom. The molecule has 1 saturated heterocycles. The highest BCUT2D eigenvalue weighted by Gasteiger charge is 2.25. The molecule has 0 radical (unpaired) electrons. The monoisotopic (exact) mass is 197 g/mol. The molecule has 2 fully saturated rings. The van der Waals surface area contributed by atoms with Gasteiger partial charge in [0.2, 0.25) is 5.91 Å². The number of amides is 1. The van der Waals surface area contributed by atoms with Crippen molar-refractivity contribution >= 4 is 5.91 Å². The van der Waals surface area contributed by atoms with Crippen LogP contribution in [-0.4, -0.2) is 24.7 Å². The summed E-state index contributed by atoms with van der Waals surface area (Å²) in [5.74, 6) is 0.120. The van der Waals surface area contributed by atoms with Crippen molar-refractivity contribution in [2.24, 2.45) is 0 Å². The van der Waals surface area contributed by atoms with E-state index in [1.54, 1.807) is 0 Å². The molecule has 2 rings (SSSR count). The molecule has 1 N–H and O–H groups in total. The second-order valence-corrected chi connectivity index (χ2v) is 4.35. The SMILES string of the molecule is O=C(NC1CCCCC1)[C@H]1CCCO1. The highest BCUT2D eigenvalue weighted by atomic mass is 16.5. The topological polar surface area (TPSA) is 38.3 Å². The van der Waals surface area contributed by atoms with Crippen molar-refractivity contribution in [2.75, 3.05) is 6.61 Å². The molecule has 0 unspecified atom stereocenters. The average molecular weight is 197 g/mol. The van der Waals surface area contributed by atoms with Crippen LogP contribution < -0.4 is 5.32 Å². The van der Waals surface area contributed by atoms with Crippen LogP contribution in [0.5, 0.6) is 0 Å². The van der Waals surface area contributed by atoms with Crippen molar-refractivity contribution in [1.29, 1.82) is 0 Å². The number of carbonyl (C=O) groups excluding carboxylic acids is 1. The lowest BCUT2D eigenvalue weighted by atomic mass is 9.95. The Hall–Kier alpha value is -0.570. The van der Waals surface area contributed by atoms with E-state index in [4.69, 9.17) is 4.74 Å². The van der Waals surface area contributed by atoms with Crippen LogP contribution in [0.3, 0.4) is 0 Å². The lowest BCUT2D eigenvalue weighted by molar-refractivity contribution is -0.131. The minimum atomic E-state index is -0.156. The van der Waals surface area contributed by atoms with Crippen molar-refractivity contribution in [2.45, 2.75) is 57.1 Å². The van der Waals surface area contributed by atoms with Crippen LogP contribution in [0.15, 0.2) is 0 Å². The fourth-order valence-corrected chi connectivity index (χ4v) is 2.33. The molecule has 0 aromatic rings. The molecular weight excluding hydrogens is 178 g/mol. The van der Waals surface area contributed by atoms with E-state index in [-0.39, 0.29) is 12.0 Å². The normalized spacial score (nSPS) is 29.0. The third-order valence-electron chi connectivity index (χ3n) is 3.17. The lowest BCUT2D eigenvalue weighted by Gasteiger charge is -2.24. The molecule has 0 aromatic heterocycles. The van der Waals surface area contributed by atoms with Gasteiger partial charge in [-0.15, -0.1) is 0 Å². The summed E-state index contributed by atoms with van der Waals surface area (Å²) in [6.45, 7) is 0.753. The molecule has 80 valence electrons. The molecule has 1 aliphatic carbocycles. The maximum Gasteiger partial charge on any atom is 0.249 e. The smallest absolute Gasteiger partial charge is 0.249 e. The van der Waals surface area contributed by atoms with Crippen LogP contribution in [0.1, 0.15) is 44.9 Å². The van der Waals surface area contributed by atoms with Crippen molar-refractivity contribution in [3.63, 3.8) is 0 Å². The fraction of sp³-hybridized carbons (Fsp3) is 0.909. The molecule has 1 atom stereocenters. The van der Waals surface area contributed by atoms with E-state index < -0.39 is 0 Å². The number of hydrogen-bond acceptors (Lipinski definition) is 2. The van der Waals surface area contributed by atoms with Gasteiger partial charge in [-0.1, -0.05) is 19.3 Å². The molecule has 1 saturated carbocycles. The summed E-state index contributed by atoms with van der Waals surface area (Å²) in [5.41, 5.74) is 0. The van der Waals surface area contributed by atoms with Gasteiger partial charge in [0.15, 0.2) is 0 Å². The zero-order valence-electron chi connectivity index (χ0n) is 8.63. The molecule has 1 aliphatic heterocycles. The summed E-state index contributed by atoms with van der Waals surface area (Å²) >= 11 is 0. The summed E-state index contributed by atoms with van der Waals surface area (Å²) in [5, 5.41) is 3.10. The molecule has 3 nitrogen and oxygen atoms in total. The molecule has 14 heavy (non-hydrogen) atoms. The zero-order chi connectivity index (χ0) is 9.80. The van der Waals surface area contributed by atoms with Gasteiger partial charge in [-0.05, 0) is 25.7 Å². The number of carbonyl (C=O) groups is 1. The number of nitrogens with one attached hydrogen (secondary N) is 1. The van der Waals surface area contributed by atoms with Crippen LogP contribution >= 0.6 is 0 Å². The molecule has 3 heteroatoms. The van der Waals surface area contributed by atoms with E-state index in [0.717, 1.165) is 32.3 Å². The van der Waals surface area contributed by atoms with Gasteiger partial charge in [0.1, 0.15) is 6.10 Å². The van der Waals surface area contributed by atoms with Crippen LogP contribution in [0.2, 0.25) is 0 Å². The fourth-order valence-electron chi connectivity index (χ4n) is 2.33. The molecule has 2 aliphatic rings. The first-order chi connectivity index (χ1) is 6.86. The van der Waals surface area contributed by atoms with E-state index in [9.17, 15) is 4.79 Å². The molecule has 1 heterocycles. The summed E-state index contributed by atoms with van der Waals surface area (Å²) in [4.78, 5) is 11.7. The van der Waals surface area contributed by atoms with Crippen LogP contribution in [0.4, 0.5) is 0 Å². The van der Waals surface area contributed by atoms with E-state index in [1.807, 2.05) is 0 Å². The van der Waals surface area contributed by atoms with Gasteiger partial charge in [-0.3, -0.25) is 4.79 Å². The average Bonchev–Trinajstić information content (AvgIpc) is 2.72. The highest BCUT2D eigenvalue weighted by molar-refractivity contribution is 5.81. The Labute approximate surface area is 85.2 Å². The Kier molecular flexibility index (Phi) is 3.40. The quantitative estimate of drug-likeness (QED) is 0.730. The van der Waals surface area contributed by atoms with Crippen LogP contribution in [0, 0.1) is 0 Å². The first-order valence-electron chi connectivity index (χ1n) is 5.78. The van der Waals surface area contributed by atoms with Gasteiger partial charge < -0.3 is 10.1 Å². The lowest BCUT2D eigenvalue weighted by Crippen LogP contribution is -2.42. The van der Waals surface area contributed by atoms with Gasteiger partial charge in [-0.25, -0.2) is 0 Å². The maximum atomic E-state index is 11.7. The van der Waals surface area contributed by atoms with Crippen molar-refractivity contribution < 1.29 is 9.53 Å². The Balaban J connectivity index is 1.75. The van der Waals surface area contributed by atoms with Gasteiger partial charge >= 0.3 is 0 Å². The first kappa shape index (κ1) is 9.97. The Morgan fingerprint density at radius 2 is 1.86 bits per heavy atom. The molecule has 0 bridgehead atoms. The third kappa shape index (κ3) is 2.47. The van der Waals surface area contributed by atoms with Gasteiger partial charge in [0.05, 0.1) is 0 Å². The minimum Gasteiger partial charge on any atom is -0.368 e. The number of rotatable bonds is 2. The molecule has 0 aromatic carbocycles. The van der Waals surface area contributed by atoms with Crippen molar-refractivity contribution in [1.82, 2.24) is 5.32 Å². The van der Waals surface area contributed by atoms with Gasteiger partial charge in [-0.2, -0.15) is 0 Å². The van der Waals surface area contributed by atoms with Crippen LogP contribution in [0.25, 0.3) is 0 Å². The Morgan fingerprint density at radius 3 is 2.50 bits per heavy atom. The predicted octanol–water partition coefficient (Wildman–Crippen LogP) is 1.61. The molecule has 0 spiro atoms. The van der Waals surface area contributed by atoms with E-state index >= 15 is 0 Å². The summed E-state index contributed by atoms with van der Waals surface area (Å²) in [6, 6.07) is 0.417. The Bertz CT molecular complexity index is 193.